The number of aromatic nitrogens is 6. The van der Waals surface area contributed by atoms with Gasteiger partial charge in [-0.3, -0.25) is 9.59 Å². The van der Waals surface area contributed by atoms with Crippen LogP contribution in [0.2, 0.25) is 0 Å². The Morgan fingerprint density at radius 1 is 1.19 bits per heavy atom. The number of carbonyl (C=O) groups excluding carboxylic acids is 1. The smallest absolute Gasteiger partial charge is 0.279 e. The third-order valence-electron chi connectivity index (χ3n) is 5.37. The fraction of sp³-hybridized carbons (Fsp3) is 0.318. The second-order valence-electron chi connectivity index (χ2n) is 8.08. The second kappa shape index (κ2) is 8.03. The van der Waals surface area contributed by atoms with Crippen LogP contribution >= 0.6 is 0 Å². The highest BCUT2D eigenvalue weighted by molar-refractivity contribution is 5.90. The summed E-state index contributed by atoms with van der Waals surface area (Å²) in [4.78, 5) is 30.3. The van der Waals surface area contributed by atoms with Gasteiger partial charge < -0.3 is 9.88 Å². The Bertz CT molecular complexity index is 1380. The van der Waals surface area contributed by atoms with Crippen LogP contribution in [0.25, 0.3) is 17.2 Å². The molecule has 0 aliphatic carbocycles. The molecule has 3 heterocycles. The predicted octanol–water partition coefficient (Wildman–Crippen LogP) is 2.81. The number of carbonyl (C=O) groups is 1. The lowest BCUT2D eigenvalue weighted by atomic mass is 10.0. The van der Waals surface area contributed by atoms with Gasteiger partial charge in [-0.25, -0.2) is 4.68 Å². The molecule has 10 heteroatoms. The average molecular weight is 437 g/mol. The molecular formula is C22H24FN7O2. The van der Waals surface area contributed by atoms with E-state index in [9.17, 15) is 14.0 Å². The van der Waals surface area contributed by atoms with Gasteiger partial charge in [0.05, 0.1) is 11.8 Å². The molecule has 0 saturated heterocycles. The van der Waals surface area contributed by atoms with Gasteiger partial charge in [-0.05, 0) is 31.9 Å². The summed E-state index contributed by atoms with van der Waals surface area (Å²) in [5.74, 6) is -0.817. The first-order valence-corrected chi connectivity index (χ1v) is 10.2. The zero-order valence-corrected chi connectivity index (χ0v) is 18.5. The largest absolute Gasteiger partial charge is 0.325 e. The Kier molecular flexibility index (Phi) is 5.37. The molecule has 1 aromatic carbocycles. The van der Waals surface area contributed by atoms with Crippen molar-refractivity contribution in [3.63, 3.8) is 0 Å². The molecule has 1 N–H and O–H groups in total. The Hall–Kier alpha value is -3.82. The van der Waals surface area contributed by atoms with E-state index in [1.54, 1.807) is 11.5 Å². The van der Waals surface area contributed by atoms with Crippen molar-refractivity contribution in [1.82, 2.24) is 28.9 Å². The number of fused-ring (bicyclic) bond motifs is 1. The molecule has 4 aromatic rings. The van der Waals surface area contributed by atoms with Crippen molar-refractivity contribution in [2.75, 3.05) is 5.32 Å². The van der Waals surface area contributed by atoms with Gasteiger partial charge in [0.25, 0.3) is 5.56 Å². The Labute approximate surface area is 183 Å². The van der Waals surface area contributed by atoms with Crippen LogP contribution in [0.5, 0.6) is 0 Å². The zero-order chi connectivity index (χ0) is 23.2. The molecule has 3 aromatic heterocycles. The van der Waals surface area contributed by atoms with Crippen LogP contribution in [0.1, 0.15) is 36.6 Å². The first-order valence-electron chi connectivity index (χ1n) is 10.2. The highest BCUT2D eigenvalue weighted by atomic mass is 19.1. The monoisotopic (exact) mass is 437 g/mol. The van der Waals surface area contributed by atoms with Crippen molar-refractivity contribution < 1.29 is 9.18 Å². The fourth-order valence-electron chi connectivity index (χ4n) is 3.70. The number of amides is 1. The molecule has 0 fully saturated rings. The minimum atomic E-state index is -0.613. The van der Waals surface area contributed by atoms with E-state index in [1.807, 2.05) is 45.0 Å². The molecule has 9 nitrogen and oxygen atoms in total. The molecule has 0 unspecified atom stereocenters. The molecule has 4 rings (SSSR count). The number of anilines is 1. The van der Waals surface area contributed by atoms with Crippen molar-refractivity contribution in [1.29, 1.82) is 0 Å². The zero-order valence-electron chi connectivity index (χ0n) is 18.5. The molecule has 0 spiro atoms. The number of aryl methyl sites for hydroxylation is 2. The second-order valence-corrected chi connectivity index (χ2v) is 8.08. The summed E-state index contributed by atoms with van der Waals surface area (Å²) in [5, 5.41) is 11.0. The van der Waals surface area contributed by atoms with Gasteiger partial charge in [0, 0.05) is 24.0 Å². The first-order chi connectivity index (χ1) is 15.2. The van der Waals surface area contributed by atoms with Crippen molar-refractivity contribution in [2.45, 2.75) is 40.2 Å². The van der Waals surface area contributed by atoms with Crippen LogP contribution < -0.4 is 10.9 Å². The lowest BCUT2D eigenvalue weighted by Crippen LogP contribution is -2.29. The summed E-state index contributed by atoms with van der Waals surface area (Å²) in [6.07, 6.45) is 1.30. The standard InChI is InChI=1S/C22H24FN7O2/c1-12(2)18-14(4)29(11-17(31)25-15-8-6-13(3)7-9-15)22-26-20(27-30(22)21(18)32)16-10-24-28(5)19(16)23/h6-10,12H,11H2,1-5H3,(H,25,31). The molecule has 1 amide bonds. The van der Waals surface area contributed by atoms with Crippen molar-refractivity contribution >= 4 is 17.4 Å². The van der Waals surface area contributed by atoms with Crippen LogP contribution in [0, 0.1) is 19.8 Å². The van der Waals surface area contributed by atoms with Crippen molar-refractivity contribution in [2.24, 2.45) is 7.05 Å². The van der Waals surface area contributed by atoms with E-state index in [4.69, 9.17) is 0 Å². The summed E-state index contributed by atoms with van der Waals surface area (Å²) < 4.78 is 18.2. The molecule has 0 aliphatic heterocycles. The number of hydrogen-bond donors (Lipinski definition) is 1. The minimum Gasteiger partial charge on any atom is -0.325 e. The lowest BCUT2D eigenvalue weighted by molar-refractivity contribution is -0.116. The molecule has 0 saturated carbocycles. The minimum absolute atomic E-state index is 0.0284. The fourth-order valence-corrected chi connectivity index (χ4v) is 3.70. The van der Waals surface area contributed by atoms with E-state index in [0.717, 1.165) is 14.8 Å². The van der Waals surface area contributed by atoms with Crippen LogP contribution in [0.3, 0.4) is 0 Å². The van der Waals surface area contributed by atoms with Gasteiger partial charge in [0.2, 0.25) is 17.6 Å². The molecule has 0 bridgehead atoms. The van der Waals surface area contributed by atoms with Gasteiger partial charge in [0.15, 0.2) is 5.82 Å². The molecule has 0 atom stereocenters. The predicted molar refractivity (Wildman–Crippen MR) is 118 cm³/mol. The highest BCUT2D eigenvalue weighted by Gasteiger charge is 2.23. The third kappa shape index (κ3) is 3.68. The number of nitrogens with one attached hydrogen (secondary N) is 1. The number of benzene rings is 1. The average Bonchev–Trinajstić information content (AvgIpc) is 3.31. The number of halogens is 1. The maximum atomic E-state index is 14.4. The number of nitrogens with zero attached hydrogens (tertiary/aromatic N) is 6. The summed E-state index contributed by atoms with van der Waals surface area (Å²) in [6, 6.07) is 7.45. The molecule has 32 heavy (non-hydrogen) atoms. The van der Waals surface area contributed by atoms with E-state index in [-0.39, 0.29) is 41.1 Å². The van der Waals surface area contributed by atoms with E-state index in [1.165, 1.54) is 13.2 Å². The van der Waals surface area contributed by atoms with E-state index < -0.39 is 5.95 Å². The van der Waals surface area contributed by atoms with Gasteiger partial charge in [0.1, 0.15) is 6.54 Å². The molecular weight excluding hydrogens is 413 g/mol. The first kappa shape index (κ1) is 21.4. The Morgan fingerprint density at radius 3 is 2.47 bits per heavy atom. The Balaban J connectivity index is 1.82. The lowest BCUT2D eigenvalue weighted by Gasteiger charge is -2.17. The van der Waals surface area contributed by atoms with Crippen LogP contribution in [0.4, 0.5) is 10.1 Å². The van der Waals surface area contributed by atoms with Crippen LogP contribution in [-0.2, 0) is 18.4 Å². The molecule has 166 valence electrons. The molecule has 0 radical (unpaired) electrons. The number of rotatable bonds is 5. The normalized spacial score (nSPS) is 11.5. The topological polar surface area (TPSA) is 99.1 Å². The summed E-state index contributed by atoms with van der Waals surface area (Å²) in [6.45, 7) is 7.44. The van der Waals surface area contributed by atoms with E-state index in [0.29, 0.717) is 16.9 Å². The maximum Gasteiger partial charge on any atom is 0.279 e. The Morgan fingerprint density at radius 2 is 1.88 bits per heavy atom. The maximum absolute atomic E-state index is 14.4. The molecule has 0 aliphatic rings. The van der Waals surface area contributed by atoms with Gasteiger partial charge >= 0.3 is 0 Å². The van der Waals surface area contributed by atoms with Crippen LogP contribution in [0.15, 0.2) is 35.3 Å². The SMILES string of the molecule is Cc1ccc(NC(=O)Cn2c(C)c(C(C)C)c(=O)n3nc(-c4cnn(C)c4F)nc23)cc1. The van der Waals surface area contributed by atoms with E-state index in [2.05, 4.69) is 20.5 Å². The quantitative estimate of drug-likeness (QED) is 0.518. The van der Waals surface area contributed by atoms with Gasteiger partial charge in [-0.2, -0.15) is 19.0 Å². The summed E-state index contributed by atoms with van der Waals surface area (Å²) >= 11 is 0. The summed E-state index contributed by atoms with van der Waals surface area (Å²) in [7, 11) is 1.46. The van der Waals surface area contributed by atoms with Gasteiger partial charge in [-0.15, -0.1) is 5.10 Å². The van der Waals surface area contributed by atoms with Crippen molar-refractivity contribution in [3.05, 3.63) is 63.6 Å². The van der Waals surface area contributed by atoms with Gasteiger partial charge in [-0.1, -0.05) is 31.5 Å². The third-order valence-corrected chi connectivity index (χ3v) is 5.37. The summed E-state index contributed by atoms with van der Waals surface area (Å²) in [5.41, 5.74) is 2.62. The highest BCUT2D eigenvalue weighted by Crippen LogP contribution is 2.22. The van der Waals surface area contributed by atoms with Crippen molar-refractivity contribution in [3.8, 4) is 11.4 Å². The van der Waals surface area contributed by atoms with E-state index >= 15 is 0 Å². The number of hydrogen-bond acceptors (Lipinski definition) is 5. The van der Waals surface area contributed by atoms with Crippen LogP contribution in [-0.4, -0.2) is 34.9 Å².